The van der Waals surface area contributed by atoms with Gasteiger partial charge in [0.1, 0.15) is 0 Å². The summed E-state index contributed by atoms with van der Waals surface area (Å²) in [6.07, 6.45) is 0. The van der Waals surface area contributed by atoms with Crippen LogP contribution in [0.4, 0.5) is 16.2 Å². The molecule has 1 aliphatic rings. The summed E-state index contributed by atoms with van der Waals surface area (Å²) in [5, 5.41) is 17.8. The number of rotatable bonds is 7. The van der Waals surface area contributed by atoms with Gasteiger partial charge in [0.05, 0.1) is 5.69 Å². The molecular formula is C25H25ClN4O3. The first-order valence-electron chi connectivity index (χ1n) is 10.6. The van der Waals surface area contributed by atoms with Crippen molar-refractivity contribution in [3.05, 3.63) is 95.0 Å². The smallest absolute Gasteiger partial charge is 0.329 e. The molecule has 33 heavy (non-hydrogen) atoms. The van der Waals surface area contributed by atoms with Crippen LogP contribution in [0.3, 0.4) is 0 Å². The molecule has 0 saturated heterocycles. The Balaban J connectivity index is 1.55. The molecule has 3 aromatic rings. The number of urea groups is 1. The van der Waals surface area contributed by atoms with Crippen LogP contribution in [0.25, 0.3) is 0 Å². The number of nitrogens with zero attached hydrogens (tertiary/aromatic N) is 2. The second-order valence-corrected chi connectivity index (χ2v) is 8.38. The van der Waals surface area contributed by atoms with E-state index in [1.54, 1.807) is 48.5 Å². The number of para-hydroxylation sites is 1. The maximum Gasteiger partial charge on any atom is 0.329 e. The summed E-state index contributed by atoms with van der Waals surface area (Å²) >= 11 is 5.99. The third-order valence-electron chi connectivity index (χ3n) is 5.55. The highest BCUT2D eigenvalue weighted by molar-refractivity contribution is 6.30. The van der Waals surface area contributed by atoms with Gasteiger partial charge in [0.15, 0.2) is 0 Å². The van der Waals surface area contributed by atoms with Crippen molar-refractivity contribution < 1.29 is 14.7 Å². The number of amides is 3. The van der Waals surface area contributed by atoms with E-state index in [1.807, 2.05) is 37.4 Å². The summed E-state index contributed by atoms with van der Waals surface area (Å²) < 4.78 is 0. The van der Waals surface area contributed by atoms with E-state index in [0.29, 0.717) is 29.5 Å². The first-order valence-corrected chi connectivity index (χ1v) is 11.0. The monoisotopic (exact) mass is 464 g/mol. The molecule has 0 radical (unpaired) electrons. The zero-order valence-electron chi connectivity index (χ0n) is 18.2. The SMILES string of the molecule is CN(CCNC(=O)[C@]1(O)c2ccccc2NC(=O)N1c1ccc(Cl)cc1)Cc1ccccc1. The zero-order chi connectivity index (χ0) is 23.4. The molecule has 0 saturated carbocycles. The van der Waals surface area contributed by atoms with Crippen LogP contribution >= 0.6 is 11.6 Å². The van der Waals surface area contributed by atoms with Gasteiger partial charge in [0.2, 0.25) is 0 Å². The molecule has 1 aliphatic heterocycles. The van der Waals surface area contributed by atoms with Crippen molar-refractivity contribution in [2.75, 3.05) is 30.4 Å². The number of carbonyl (C=O) groups excluding carboxylic acids is 2. The minimum absolute atomic E-state index is 0.287. The number of anilines is 2. The molecule has 3 amide bonds. The lowest BCUT2D eigenvalue weighted by atomic mass is 9.95. The quantitative estimate of drug-likeness (QED) is 0.496. The fourth-order valence-electron chi connectivity index (χ4n) is 3.91. The van der Waals surface area contributed by atoms with Crippen LogP contribution in [-0.2, 0) is 17.1 Å². The van der Waals surface area contributed by atoms with Crippen molar-refractivity contribution in [2.24, 2.45) is 0 Å². The average Bonchev–Trinajstić information content (AvgIpc) is 2.81. The van der Waals surface area contributed by atoms with Crippen LogP contribution in [0.15, 0.2) is 78.9 Å². The van der Waals surface area contributed by atoms with Crippen molar-refractivity contribution in [2.45, 2.75) is 12.3 Å². The number of fused-ring (bicyclic) bond motifs is 1. The Labute approximate surface area is 197 Å². The lowest BCUT2D eigenvalue weighted by molar-refractivity contribution is -0.140. The molecule has 0 unspecified atom stereocenters. The number of likely N-dealkylation sites (N-methyl/N-ethyl adjacent to an activating group) is 1. The van der Waals surface area contributed by atoms with Gasteiger partial charge in [-0.25, -0.2) is 4.79 Å². The summed E-state index contributed by atoms with van der Waals surface area (Å²) in [7, 11) is 1.96. The normalized spacial score (nSPS) is 17.5. The lowest BCUT2D eigenvalue weighted by Gasteiger charge is -2.42. The lowest BCUT2D eigenvalue weighted by Crippen LogP contribution is -2.62. The van der Waals surface area contributed by atoms with Gasteiger partial charge in [-0.1, -0.05) is 60.1 Å². The molecule has 0 bridgehead atoms. The van der Waals surface area contributed by atoms with E-state index in [4.69, 9.17) is 11.6 Å². The molecule has 0 fully saturated rings. The van der Waals surface area contributed by atoms with Crippen molar-refractivity contribution in [1.29, 1.82) is 0 Å². The molecular weight excluding hydrogens is 440 g/mol. The largest absolute Gasteiger partial charge is 0.359 e. The van der Waals surface area contributed by atoms with E-state index in [9.17, 15) is 14.7 Å². The highest BCUT2D eigenvalue weighted by atomic mass is 35.5. The van der Waals surface area contributed by atoms with E-state index >= 15 is 0 Å². The first kappa shape index (κ1) is 22.8. The topological polar surface area (TPSA) is 84.9 Å². The third kappa shape index (κ3) is 4.71. The highest BCUT2D eigenvalue weighted by Gasteiger charge is 2.51. The molecule has 8 heteroatoms. The fraction of sp³-hybridized carbons (Fsp3) is 0.200. The van der Waals surface area contributed by atoms with Crippen LogP contribution in [0.2, 0.25) is 5.02 Å². The van der Waals surface area contributed by atoms with Gasteiger partial charge >= 0.3 is 6.03 Å². The van der Waals surface area contributed by atoms with Gasteiger partial charge in [-0.3, -0.25) is 9.69 Å². The maximum absolute atomic E-state index is 13.4. The zero-order valence-corrected chi connectivity index (χ0v) is 18.9. The summed E-state index contributed by atoms with van der Waals surface area (Å²) in [4.78, 5) is 29.5. The van der Waals surface area contributed by atoms with Crippen LogP contribution < -0.4 is 15.5 Å². The minimum atomic E-state index is -2.23. The average molecular weight is 465 g/mol. The Hall–Kier alpha value is -3.39. The van der Waals surface area contributed by atoms with Crippen molar-refractivity contribution >= 4 is 34.9 Å². The molecule has 4 rings (SSSR count). The maximum atomic E-state index is 13.4. The minimum Gasteiger partial charge on any atom is -0.359 e. The molecule has 0 aromatic heterocycles. The molecule has 7 nitrogen and oxygen atoms in total. The number of aliphatic hydroxyl groups is 1. The number of hydrogen-bond donors (Lipinski definition) is 3. The first-order chi connectivity index (χ1) is 15.9. The summed E-state index contributed by atoms with van der Waals surface area (Å²) in [6.45, 7) is 1.58. The second-order valence-electron chi connectivity index (χ2n) is 7.94. The van der Waals surface area contributed by atoms with Gasteiger partial charge in [-0.05, 0) is 42.9 Å². The second kappa shape index (κ2) is 9.62. The van der Waals surface area contributed by atoms with E-state index < -0.39 is 17.7 Å². The predicted octanol–water partition coefficient (Wildman–Crippen LogP) is 3.79. The van der Waals surface area contributed by atoms with Gasteiger partial charge in [-0.2, -0.15) is 0 Å². The van der Waals surface area contributed by atoms with Gasteiger partial charge < -0.3 is 20.6 Å². The molecule has 0 spiro atoms. The Morgan fingerprint density at radius 1 is 1.06 bits per heavy atom. The summed E-state index contributed by atoms with van der Waals surface area (Å²) in [5.74, 6) is -0.687. The number of benzene rings is 3. The number of hydrogen-bond acceptors (Lipinski definition) is 4. The van der Waals surface area contributed by atoms with E-state index in [1.165, 1.54) is 0 Å². The molecule has 1 heterocycles. The van der Waals surface area contributed by atoms with E-state index in [0.717, 1.165) is 17.0 Å². The molecule has 0 aliphatic carbocycles. The van der Waals surface area contributed by atoms with Crippen molar-refractivity contribution in [1.82, 2.24) is 10.2 Å². The van der Waals surface area contributed by atoms with Crippen LogP contribution in [0.5, 0.6) is 0 Å². The van der Waals surface area contributed by atoms with Crippen molar-refractivity contribution in [3.8, 4) is 0 Å². The number of carbonyl (C=O) groups is 2. The van der Waals surface area contributed by atoms with E-state index in [-0.39, 0.29) is 5.56 Å². The molecule has 3 aromatic carbocycles. The van der Waals surface area contributed by atoms with Gasteiger partial charge in [0.25, 0.3) is 11.6 Å². The molecule has 1 atom stereocenters. The summed E-state index contributed by atoms with van der Waals surface area (Å²) in [6, 6.07) is 22.5. The van der Waals surface area contributed by atoms with Crippen LogP contribution in [0.1, 0.15) is 11.1 Å². The molecule has 170 valence electrons. The standard InChI is InChI=1S/C25H25ClN4O3/c1-29(17-18-7-3-2-4-8-18)16-15-27-23(31)25(33)21-9-5-6-10-22(21)28-24(32)30(25)20-13-11-19(26)12-14-20/h2-14,33H,15-17H2,1H3,(H,27,31)(H,28,32)/t25-/m1/s1. The van der Waals surface area contributed by atoms with Crippen molar-refractivity contribution in [3.63, 3.8) is 0 Å². The van der Waals surface area contributed by atoms with Crippen LogP contribution in [0, 0.1) is 0 Å². The van der Waals surface area contributed by atoms with Gasteiger partial charge in [-0.15, -0.1) is 0 Å². The number of nitrogens with one attached hydrogen (secondary N) is 2. The fourth-order valence-corrected chi connectivity index (χ4v) is 4.04. The van der Waals surface area contributed by atoms with E-state index in [2.05, 4.69) is 15.5 Å². The number of halogens is 1. The predicted molar refractivity (Wildman–Crippen MR) is 129 cm³/mol. The van der Waals surface area contributed by atoms with Crippen LogP contribution in [-0.4, -0.2) is 42.1 Å². The Morgan fingerprint density at radius 2 is 1.73 bits per heavy atom. The third-order valence-corrected chi connectivity index (χ3v) is 5.80. The Bertz CT molecular complexity index is 1140. The van der Waals surface area contributed by atoms with Gasteiger partial charge in [0, 0.05) is 35.9 Å². The highest BCUT2D eigenvalue weighted by Crippen LogP contribution is 2.39. The summed E-state index contributed by atoms with van der Waals surface area (Å²) in [5.41, 5.74) is -0.0617. The Morgan fingerprint density at radius 3 is 2.45 bits per heavy atom. The Kier molecular flexibility index (Phi) is 6.65. The molecule has 3 N–H and O–H groups in total.